The van der Waals surface area contributed by atoms with E-state index in [-0.39, 0.29) is 18.6 Å². The minimum absolute atomic E-state index is 0.0229. The lowest BCUT2D eigenvalue weighted by molar-refractivity contribution is 0.0917. The van der Waals surface area contributed by atoms with Crippen molar-refractivity contribution < 1.29 is 9.90 Å². The summed E-state index contributed by atoms with van der Waals surface area (Å²) in [6.07, 6.45) is 6.40. The molecule has 1 aromatic heterocycles. The Morgan fingerprint density at radius 1 is 1.43 bits per heavy atom. The van der Waals surface area contributed by atoms with Gasteiger partial charge in [-0.2, -0.15) is 0 Å². The Morgan fingerprint density at radius 3 is 2.90 bits per heavy atom. The van der Waals surface area contributed by atoms with Crippen molar-refractivity contribution in [2.45, 2.75) is 45.1 Å². The molecule has 0 radical (unpaired) electrons. The Balaban J connectivity index is 2.04. The van der Waals surface area contributed by atoms with E-state index < -0.39 is 0 Å². The zero-order valence-electron chi connectivity index (χ0n) is 12.4. The molecule has 0 spiro atoms. The summed E-state index contributed by atoms with van der Waals surface area (Å²) in [4.78, 5) is 16.5. The van der Waals surface area contributed by atoms with Crippen LogP contribution in [-0.4, -0.2) is 28.6 Å². The van der Waals surface area contributed by atoms with Crippen molar-refractivity contribution in [2.75, 3.05) is 6.61 Å². The summed E-state index contributed by atoms with van der Waals surface area (Å²) in [5, 5.41) is 11.8. The van der Waals surface area contributed by atoms with E-state index in [0.29, 0.717) is 17.7 Å². The number of carbonyl (C=O) groups excluding carboxylic acids is 1. The summed E-state index contributed by atoms with van der Waals surface area (Å²) >= 11 is 0. The number of pyridine rings is 1. The second-order valence-electron chi connectivity index (χ2n) is 5.61. The van der Waals surface area contributed by atoms with E-state index in [4.69, 9.17) is 5.11 Å². The number of carbonyl (C=O) groups is 1. The largest absolute Gasteiger partial charge is 0.395 e. The molecule has 1 aromatic rings. The molecule has 21 heavy (non-hydrogen) atoms. The van der Waals surface area contributed by atoms with Crippen molar-refractivity contribution in [1.29, 1.82) is 0 Å². The molecule has 1 fully saturated rings. The van der Waals surface area contributed by atoms with E-state index in [1.54, 1.807) is 18.3 Å². The number of hydrogen-bond donors (Lipinski definition) is 2. The molecule has 0 atom stereocenters. The van der Waals surface area contributed by atoms with Gasteiger partial charge in [-0.3, -0.25) is 4.79 Å². The normalized spacial score (nSPS) is 21.2. The predicted octanol–water partition coefficient (Wildman–Crippen LogP) is 2.12. The second kappa shape index (κ2) is 7.80. The first-order valence-corrected chi connectivity index (χ1v) is 7.56. The SMILES string of the molecule is CC1CCC(NC(=O)c2ncccc2C#CCCO)CC1. The Labute approximate surface area is 126 Å². The molecule has 2 rings (SSSR count). The Morgan fingerprint density at radius 2 is 2.19 bits per heavy atom. The number of nitrogens with zero attached hydrogens (tertiary/aromatic N) is 1. The monoisotopic (exact) mass is 286 g/mol. The fraction of sp³-hybridized carbons (Fsp3) is 0.529. The summed E-state index contributed by atoms with van der Waals surface area (Å²) in [6.45, 7) is 2.28. The number of aromatic nitrogens is 1. The van der Waals surface area contributed by atoms with E-state index in [0.717, 1.165) is 31.6 Å². The molecule has 4 heteroatoms. The molecule has 1 heterocycles. The van der Waals surface area contributed by atoms with E-state index in [2.05, 4.69) is 29.1 Å². The quantitative estimate of drug-likeness (QED) is 0.837. The van der Waals surface area contributed by atoms with Gasteiger partial charge in [-0.1, -0.05) is 18.8 Å². The third kappa shape index (κ3) is 4.57. The average molecular weight is 286 g/mol. The third-order valence-electron chi connectivity index (χ3n) is 3.83. The maximum Gasteiger partial charge on any atom is 0.271 e. The first kappa shape index (κ1) is 15.5. The first-order chi connectivity index (χ1) is 10.2. The van der Waals surface area contributed by atoms with E-state index in [1.807, 2.05) is 0 Å². The summed E-state index contributed by atoms with van der Waals surface area (Å²) in [6, 6.07) is 3.80. The highest BCUT2D eigenvalue weighted by molar-refractivity contribution is 5.94. The Bertz CT molecular complexity index is 537. The molecular formula is C17H22N2O2. The van der Waals surface area contributed by atoms with Crippen molar-refractivity contribution in [1.82, 2.24) is 10.3 Å². The van der Waals surface area contributed by atoms with Crippen LogP contribution < -0.4 is 5.32 Å². The Kier molecular flexibility index (Phi) is 5.77. The zero-order valence-corrected chi connectivity index (χ0v) is 12.4. The van der Waals surface area contributed by atoms with Crippen LogP contribution in [0, 0.1) is 17.8 Å². The van der Waals surface area contributed by atoms with Gasteiger partial charge in [-0.15, -0.1) is 0 Å². The molecule has 0 aromatic carbocycles. The topological polar surface area (TPSA) is 62.2 Å². The van der Waals surface area contributed by atoms with Crippen LogP contribution in [0.5, 0.6) is 0 Å². The van der Waals surface area contributed by atoms with Gasteiger partial charge in [0.25, 0.3) is 5.91 Å². The van der Waals surface area contributed by atoms with Gasteiger partial charge in [0.05, 0.1) is 12.2 Å². The molecule has 0 aliphatic heterocycles. The fourth-order valence-corrected chi connectivity index (χ4v) is 2.56. The maximum absolute atomic E-state index is 12.4. The van der Waals surface area contributed by atoms with Crippen molar-refractivity contribution in [3.05, 3.63) is 29.6 Å². The van der Waals surface area contributed by atoms with E-state index in [9.17, 15) is 4.79 Å². The summed E-state index contributed by atoms with van der Waals surface area (Å²) in [5.74, 6) is 6.35. The Hall–Kier alpha value is -1.86. The second-order valence-corrected chi connectivity index (χ2v) is 5.61. The van der Waals surface area contributed by atoms with Gasteiger partial charge in [0.15, 0.2) is 0 Å². The molecular weight excluding hydrogens is 264 g/mol. The summed E-state index contributed by atoms with van der Waals surface area (Å²) in [5.41, 5.74) is 0.995. The van der Waals surface area contributed by atoms with Crippen LogP contribution in [0.25, 0.3) is 0 Å². The molecule has 1 amide bonds. The molecule has 112 valence electrons. The van der Waals surface area contributed by atoms with Gasteiger partial charge in [0, 0.05) is 18.7 Å². The highest BCUT2D eigenvalue weighted by Crippen LogP contribution is 2.23. The minimum Gasteiger partial charge on any atom is -0.395 e. The molecule has 1 saturated carbocycles. The molecule has 1 aliphatic carbocycles. The van der Waals surface area contributed by atoms with Crippen LogP contribution in [0.3, 0.4) is 0 Å². The number of aliphatic hydroxyl groups is 1. The summed E-state index contributed by atoms with van der Waals surface area (Å²) in [7, 11) is 0. The fourth-order valence-electron chi connectivity index (χ4n) is 2.56. The van der Waals surface area contributed by atoms with Crippen LogP contribution in [0.2, 0.25) is 0 Å². The van der Waals surface area contributed by atoms with Crippen LogP contribution in [0.4, 0.5) is 0 Å². The number of amides is 1. The van der Waals surface area contributed by atoms with Crippen molar-refractivity contribution >= 4 is 5.91 Å². The van der Waals surface area contributed by atoms with Crippen LogP contribution in [0.15, 0.2) is 18.3 Å². The molecule has 1 aliphatic rings. The molecule has 0 saturated heterocycles. The van der Waals surface area contributed by atoms with Crippen LogP contribution >= 0.6 is 0 Å². The highest BCUT2D eigenvalue weighted by Gasteiger charge is 2.21. The molecule has 4 nitrogen and oxygen atoms in total. The number of aliphatic hydroxyl groups excluding tert-OH is 1. The minimum atomic E-state index is -0.150. The number of nitrogens with one attached hydrogen (secondary N) is 1. The van der Waals surface area contributed by atoms with Crippen LogP contribution in [0.1, 0.15) is 55.1 Å². The van der Waals surface area contributed by atoms with E-state index >= 15 is 0 Å². The van der Waals surface area contributed by atoms with Crippen LogP contribution in [-0.2, 0) is 0 Å². The lowest BCUT2D eigenvalue weighted by Crippen LogP contribution is -2.38. The lowest BCUT2D eigenvalue weighted by atomic mass is 9.87. The maximum atomic E-state index is 12.4. The number of hydrogen-bond acceptors (Lipinski definition) is 3. The number of rotatable bonds is 3. The zero-order chi connectivity index (χ0) is 15.1. The third-order valence-corrected chi connectivity index (χ3v) is 3.83. The molecule has 0 bridgehead atoms. The van der Waals surface area contributed by atoms with Gasteiger partial charge < -0.3 is 10.4 Å². The summed E-state index contributed by atoms with van der Waals surface area (Å²) < 4.78 is 0. The first-order valence-electron chi connectivity index (χ1n) is 7.56. The van der Waals surface area contributed by atoms with E-state index in [1.165, 1.54) is 0 Å². The van der Waals surface area contributed by atoms with Gasteiger partial charge in [-0.05, 0) is 43.7 Å². The van der Waals surface area contributed by atoms with Gasteiger partial charge in [0.2, 0.25) is 0 Å². The average Bonchev–Trinajstić information content (AvgIpc) is 2.50. The van der Waals surface area contributed by atoms with Gasteiger partial charge in [-0.25, -0.2) is 4.98 Å². The highest BCUT2D eigenvalue weighted by atomic mass is 16.2. The van der Waals surface area contributed by atoms with Crippen molar-refractivity contribution in [2.24, 2.45) is 5.92 Å². The van der Waals surface area contributed by atoms with Gasteiger partial charge >= 0.3 is 0 Å². The molecule has 2 N–H and O–H groups in total. The standard InChI is InChI=1S/C17H22N2O2/c1-13-7-9-15(10-8-13)19-17(21)16-14(5-2-3-12-20)6-4-11-18-16/h4,6,11,13,15,20H,3,7-10,12H2,1H3,(H,19,21). The lowest BCUT2D eigenvalue weighted by Gasteiger charge is -2.26. The predicted molar refractivity (Wildman–Crippen MR) is 81.7 cm³/mol. The smallest absolute Gasteiger partial charge is 0.271 e. The van der Waals surface area contributed by atoms with Crippen molar-refractivity contribution in [3.63, 3.8) is 0 Å². The van der Waals surface area contributed by atoms with Crippen molar-refractivity contribution in [3.8, 4) is 11.8 Å². The molecule has 0 unspecified atom stereocenters. The van der Waals surface area contributed by atoms with Gasteiger partial charge in [0.1, 0.15) is 5.69 Å².